The summed E-state index contributed by atoms with van der Waals surface area (Å²) in [6.45, 7) is 0. The zero-order valence-electron chi connectivity index (χ0n) is 12.2. The topological polar surface area (TPSA) is 35.2 Å². The Bertz CT molecular complexity index is 655. The SMILES string of the molecule is COc1ccc(Br)c(CC2(N)CCCc3ccccc32)c1. The van der Waals surface area contributed by atoms with Crippen LogP contribution in [-0.4, -0.2) is 7.11 Å². The largest absolute Gasteiger partial charge is 0.497 e. The molecule has 1 atom stereocenters. The molecular formula is C18H20BrNO. The Morgan fingerprint density at radius 1 is 1.24 bits per heavy atom. The molecule has 3 rings (SSSR count). The molecule has 0 aromatic heterocycles. The number of halogens is 1. The van der Waals surface area contributed by atoms with Gasteiger partial charge in [0.25, 0.3) is 0 Å². The quantitative estimate of drug-likeness (QED) is 0.904. The summed E-state index contributed by atoms with van der Waals surface area (Å²) < 4.78 is 6.43. The van der Waals surface area contributed by atoms with Crippen molar-refractivity contribution in [2.75, 3.05) is 7.11 Å². The number of fused-ring (bicyclic) bond motifs is 1. The molecule has 110 valence electrons. The minimum absolute atomic E-state index is 0.288. The molecule has 2 nitrogen and oxygen atoms in total. The van der Waals surface area contributed by atoms with Gasteiger partial charge in [-0.15, -0.1) is 0 Å². The molecule has 3 heteroatoms. The van der Waals surface area contributed by atoms with Crippen LogP contribution in [0.3, 0.4) is 0 Å². The molecule has 1 aliphatic carbocycles. The van der Waals surface area contributed by atoms with Crippen LogP contribution in [0.25, 0.3) is 0 Å². The highest BCUT2D eigenvalue weighted by molar-refractivity contribution is 9.10. The summed E-state index contributed by atoms with van der Waals surface area (Å²) >= 11 is 3.64. The lowest BCUT2D eigenvalue weighted by atomic mass is 9.74. The van der Waals surface area contributed by atoms with Gasteiger partial charge in [-0.3, -0.25) is 0 Å². The fraction of sp³-hybridized carbons (Fsp3) is 0.333. The van der Waals surface area contributed by atoms with E-state index in [1.165, 1.54) is 16.7 Å². The Morgan fingerprint density at radius 3 is 2.86 bits per heavy atom. The van der Waals surface area contributed by atoms with Gasteiger partial charge in [0.15, 0.2) is 0 Å². The second-order valence-corrected chi connectivity index (χ2v) is 6.66. The Kier molecular flexibility index (Phi) is 4.05. The van der Waals surface area contributed by atoms with Crippen LogP contribution in [0.2, 0.25) is 0 Å². The van der Waals surface area contributed by atoms with Crippen molar-refractivity contribution in [2.24, 2.45) is 5.73 Å². The first-order chi connectivity index (χ1) is 10.1. The van der Waals surface area contributed by atoms with Crippen molar-refractivity contribution in [3.63, 3.8) is 0 Å². The van der Waals surface area contributed by atoms with Crippen LogP contribution >= 0.6 is 15.9 Å². The number of aryl methyl sites for hydroxylation is 1. The Balaban J connectivity index is 1.98. The van der Waals surface area contributed by atoms with E-state index in [4.69, 9.17) is 10.5 Å². The molecule has 0 spiro atoms. The van der Waals surface area contributed by atoms with Crippen LogP contribution < -0.4 is 10.5 Å². The van der Waals surface area contributed by atoms with Gasteiger partial charge in [0.1, 0.15) is 5.75 Å². The van der Waals surface area contributed by atoms with E-state index in [0.717, 1.165) is 35.9 Å². The first-order valence-electron chi connectivity index (χ1n) is 7.32. The van der Waals surface area contributed by atoms with Crippen molar-refractivity contribution >= 4 is 15.9 Å². The number of methoxy groups -OCH3 is 1. The summed E-state index contributed by atoms with van der Waals surface area (Å²) in [6.07, 6.45) is 4.12. The minimum atomic E-state index is -0.288. The van der Waals surface area contributed by atoms with Crippen molar-refractivity contribution in [1.29, 1.82) is 0 Å². The maximum Gasteiger partial charge on any atom is 0.119 e. The summed E-state index contributed by atoms with van der Waals surface area (Å²) in [5.41, 5.74) is 10.4. The predicted octanol–water partition coefficient (Wildman–Crippen LogP) is 4.19. The van der Waals surface area contributed by atoms with E-state index < -0.39 is 0 Å². The minimum Gasteiger partial charge on any atom is -0.497 e. The van der Waals surface area contributed by atoms with Crippen LogP contribution in [0.4, 0.5) is 0 Å². The first-order valence-corrected chi connectivity index (χ1v) is 8.11. The summed E-state index contributed by atoms with van der Waals surface area (Å²) in [6, 6.07) is 14.7. The Hall–Kier alpha value is -1.32. The van der Waals surface area contributed by atoms with E-state index in [0.29, 0.717) is 0 Å². The standard InChI is InChI=1S/C18H20BrNO/c1-21-15-8-9-17(19)14(11-15)12-18(20)10-4-6-13-5-2-3-7-16(13)18/h2-3,5,7-9,11H,4,6,10,12,20H2,1H3. The van der Waals surface area contributed by atoms with E-state index >= 15 is 0 Å². The molecule has 0 fully saturated rings. The molecule has 0 saturated carbocycles. The lowest BCUT2D eigenvalue weighted by molar-refractivity contribution is 0.367. The van der Waals surface area contributed by atoms with Crippen LogP contribution in [0.1, 0.15) is 29.5 Å². The third kappa shape index (κ3) is 2.85. The molecule has 1 unspecified atom stereocenters. The highest BCUT2D eigenvalue weighted by Gasteiger charge is 2.33. The molecule has 0 radical (unpaired) electrons. The van der Waals surface area contributed by atoms with E-state index in [-0.39, 0.29) is 5.54 Å². The number of ether oxygens (including phenoxy) is 1. The van der Waals surface area contributed by atoms with Gasteiger partial charge in [-0.05, 0) is 60.6 Å². The number of benzene rings is 2. The number of hydrogen-bond donors (Lipinski definition) is 1. The van der Waals surface area contributed by atoms with Crippen molar-refractivity contribution in [3.8, 4) is 5.75 Å². The maximum absolute atomic E-state index is 6.80. The van der Waals surface area contributed by atoms with Crippen LogP contribution in [0.5, 0.6) is 5.75 Å². The van der Waals surface area contributed by atoms with Crippen molar-refractivity contribution in [2.45, 2.75) is 31.2 Å². The van der Waals surface area contributed by atoms with Gasteiger partial charge in [-0.2, -0.15) is 0 Å². The molecule has 1 aliphatic rings. The summed E-state index contributed by atoms with van der Waals surface area (Å²) in [7, 11) is 1.70. The smallest absolute Gasteiger partial charge is 0.119 e. The third-order valence-electron chi connectivity index (χ3n) is 4.38. The lowest BCUT2D eigenvalue weighted by Gasteiger charge is -2.36. The Morgan fingerprint density at radius 2 is 2.05 bits per heavy atom. The van der Waals surface area contributed by atoms with Gasteiger partial charge in [-0.1, -0.05) is 40.2 Å². The highest BCUT2D eigenvalue weighted by atomic mass is 79.9. The van der Waals surface area contributed by atoms with Gasteiger partial charge in [0.05, 0.1) is 7.11 Å². The first kappa shape index (κ1) is 14.6. The molecule has 0 heterocycles. The third-order valence-corrected chi connectivity index (χ3v) is 5.16. The fourth-order valence-electron chi connectivity index (χ4n) is 3.29. The molecule has 0 saturated heterocycles. The van der Waals surface area contributed by atoms with E-state index in [1.54, 1.807) is 7.11 Å². The predicted molar refractivity (Wildman–Crippen MR) is 89.6 cm³/mol. The summed E-state index contributed by atoms with van der Waals surface area (Å²) in [5, 5.41) is 0. The normalized spacial score (nSPS) is 20.9. The summed E-state index contributed by atoms with van der Waals surface area (Å²) in [5.74, 6) is 0.876. The number of hydrogen-bond acceptors (Lipinski definition) is 2. The zero-order valence-corrected chi connectivity index (χ0v) is 13.8. The van der Waals surface area contributed by atoms with Gasteiger partial charge < -0.3 is 10.5 Å². The molecular weight excluding hydrogens is 326 g/mol. The Labute approximate surface area is 134 Å². The van der Waals surface area contributed by atoms with Gasteiger partial charge in [-0.25, -0.2) is 0 Å². The number of rotatable bonds is 3. The van der Waals surface area contributed by atoms with Gasteiger partial charge >= 0.3 is 0 Å². The molecule has 0 amide bonds. The van der Waals surface area contributed by atoms with Gasteiger partial charge in [0.2, 0.25) is 0 Å². The molecule has 2 aromatic rings. The highest BCUT2D eigenvalue weighted by Crippen LogP contribution is 2.37. The average Bonchev–Trinajstić information content (AvgIpc) is 2.50. The fourth-order valence-corrected chi connectivity index (χ4v) is 3.68. The molecule has 21 heavy (non-hydrogen) atoms. The van der Waals surface area contributed by atoms with Crippen LogP contribution in [0, 0.1) is 0 Å². The molecule has 0 aliphatic heterocycles. The van der Waals surface area contributed by atoms with E-state index in [9.17, 15) is 0 Å². The van der Waals surface area contributed by atoms with E-state index in [2.05, 4.69) is 46.3 Å². The maximum atomic E-state index is 6.80. The summed E-state index contributed by atoms with van der Waals surface area (Å²) in [4.78, 5) is 0. The zero-order chi connectivity index (χ0) is 14.9. The molecule has 0 bridgehead atoms. The number of nitrogens with two attached hydrogens (primary N) is 1. The van der Waals surface area contributed by atoms with Crippen LogP contribution in [-0.2, 0) is 18.4 Å². The van der Waals surface area contributed by atoms with E-state index in [1.807, 2.05) is 12.1 Å². The van der Waals surface area contributed by atoms with Gasteiger partial charge in [0, 0.05) is 10.0 Å². The second kappa shape index (κ2) is 5.82. The average molecular weight is 346 g/mol. The second-order valence-electron chi connectivity index (χ2n) is 5.80. The van der Waals surface area contributed by atoms with Crippen LogP contribution in [0.15, 0.2) is 46.9 Å². The van der Waals surface area contributed by atoms with Crippen molar-refractivity contribution in [1.82, 2.24) is 0 Å². The molecule has 2 aromatic carbocycles. The van der Waals surface area contributed by atoms with Crippen molar-refractivity contribution in [3.05, 3.63) is 63.6 Å². The monoisotopic (exact) mass is 345 g/mol. The lowest BCUT2D eigenvalue weighted by Crippen LogP contribution is -2.42. The molecule has 2 N–H and O–H groups in total. The van der Waals surface area contributed by atoms with Crippen molar-refractivity contribution < 1.29 is 4.74 Å².